The molecule has 0 unspecified atom stereocenters. The van der Waals surface area contributed by atoms with Gasteiger partial charge in [-0.3, -0.25) is 4.99 Å². The molecule has 4 heteroatoms. The van der Waals surface area contributed by atoms with Crippen LogP contribution >= 0.6 is 22.6 Å². The number of rotatable bonds is 3. The average molecular weight is 438 g/mol. The Bertz CT molecular complexity index is 1060. The minimum absolute atomic E-state index is 0.637. The van der Waals surface area contributed by atoms with E-state index >= 15 is 0 Å². The molecule has 0 aliphatic rings. The first-order valence-corrected chi connectivity index (χ1v) is 9.03. The molecule has 3 nitrogen and oxygen atoms in total. The van der Waals surface area contributed by atoms with E-state index in [9.17, 15) is 0 Å². The van der Waals surface area contributed by atoms with E-state index in [0.717, 1.165) is 33.5 Å². The summed E-state index contributed by atoms with van der Waals surface area (Å²) in [6.45, 7) is 2.04. The molecular formula is C21H15IN2O. The first-order valence-electron chi connectivity index (χ1n) is 7.95. The number of halogens is 1. The zero-order valence-corrected chi connectivity index (χ0v) is 15.8. The van der Waals surface area contributed by atoms with E-state index in [1.54, 1.807) is 0 Å². The number of aromatic nitrogens is 1. The molecule has 0 saturated carbocycles. The molecule has 0 N–H and O–H groups in total. The third-order valence-electron chi connectivity index (χ3n) is 3.95. The van der Waals surface area contributed by atoms with Crippen molar-refractivity contribution in [3.63, 3.8) is 0 Å². The second-order valence-corrected chi connectivity index (χ2v) is 7.05. The first-order chi connectivity index (χ1) is 12.2. The van der Waals surface area contributed by atoms with Crippen LogP contribution in [-0.4, -0.2) is 11.2 Å². The number of hydrogen-bond acceptors (Lipinski definition) is 3. The Kier molecular flexibility index (Phi) is 4.36. The molecule has 0 fully saturated rings. The van der Waals surface area contributed by atoms with Crippen LogP contribution in [0.1, 0.15) is 11.1 Å². The monoisotopic (exact) mass is 438 g/mol. The third-order valence-corrected chi connectivity index (χ3v) is 4.62. The van der Waals surface area contributed by atoms with Crippen molar-refractivity contribution in [2.24, 2.45) is 4.99 Å². The van der Waals surface area contributed by atoms with E-state index in [1.165, 1.54) is 3.57 Å². The van der Waals surface area contributed by atoms with Gasteiger partial charge in [0, 0.05) is 15.3 Å². The van der Waals surface area contributed by atoms with Crippen LogP contribution in [0, 0.1) is 10.5 Å². The summed E-state index contributed by atoms with van der Waals surface area (Å²) in [6.07, 6.45) is 1.87. The van der Waals surface area contributed by atoms with E-state index < -0.39 is 0 Å². The normalized spacial score (nSPS) is 11.4. The summed E-state index contributed by atoms with van der Waals surface area (Å²) in [7, 11) is 0. The summed E-state index contributed by atoms with van der Waals surface area (Å²) >= 11 is 2.30. The number of para-hydroxylation sites is 1. The van der Waals surface area contributed by atoms with Crippen LogP contribution < -0.4 is 0 Å². The lowest BCUT2D eigenvalue weighted by Crippen LogP contribution is -1.81. The highest BCUT2D eigenvalue weighted by atomic mass is 127. The molecule has 1 heterocycles. The van der Waals surface area contributed by atoms with Gasteiger partial charge in [0.2, 0.25) is 5.89 Å². The van der Waals surface area contributed by atoms with Crippen molar-refractivity contribution in [2.45, 2.75) is 6.92 Å². The smallest absolute Gasteiger partial charge is 0.227 e. The Balaban J connectivity index is 1.60. The van der Waals surface area contributed by atoms with Crippen LogP contribution in [0.25, 0.3) is 22.6 Å². The van der Waals surface area contributed by atoms with Crippen molar-refractivity contribution in [3.05, 3.63) is 81.4 Å². The highest BCUT2D eigenvalue weighted by molar-refractivity contribution is 14.1. The second kappa shape index (κ2) is 6.80. The number of aryl methyl sites for hydroxylation is 1. The maximum Gasteiger partial charge on any atom is 0.227 e. The van der Waals surface area contributed by atoms with Crippen LogP contribution in [0.15, 0.2) is 76.1 Å². The molecule has 4 aromatic rings. The largest absolute Gasteiger partial charge is 0.436 e. The number of fused-ring (bicyclic) bond motifs is 1. The zero-order chi connectivity index (χ0) is 17.2. The lowest BCUT2D eigenvalue weighted by Gasteiger charge is -1.98. The molecule has 4 rings (SSSR count). The molecule has 0 spiro atoms. The maximum atomic E-state index is 5.87. The molecular weight excluding hydrogens is 423 g/mol. The number of benzene rings is 3. The zero-order valence-electron chi connectivity index (χ0n) is 13.6. The van der Waals surface area contributed by atoms with Gasteiger partial charge in [-0.05, 0) is 83.1 Å². The summed E-state index contributed by atoms with van der Waals surface area (Å²) in [6, 6.07) is 22.1. The SMILES string of the molecule is Cc1cccc2oc(-c3ccc(N=Cc4cccc(I)c4)cc3)nc12. The second-order valence-electron chi connectivity index (χ2n) is 5.80. The predicted octanol–water partition coefficient (Wildman–Crippen LogP) is 6.16. The Labute approximate surface area is 159 Å². The van der Waals surface area contributed by atoms with Crippen molar-refractivity contribution in [2.75, 3.05) is 0 Å². The van der Waals surface area contributed by atoms with E-state index in [-0.39, 0.29) is 0 Å². The lowest BCUT2D eigenvalue weighted by molar-refractivity contribution is 0.620. The van der Waals surface area contributed by atoms with Crippen LogP contribution in [0.4, 0.5) is 5.69 Å². The molecule has 0 amide bonds. The van der Waals surface area contributed by atoms with Gasteiger partial charge in [0.1, 0.15) is 5.52 Å². The Morgan fingerprint density at radius 3 is 2.56 bits per heavy atom. The molecule has 25 heavy (non-hydrogen) atoms. The highest BCUT2D eigenvalue weighted by Gasteiger charge is 2.09. The molecule has 0 saturated heterocycles. The Morgan fingerprint density at radius 2 is 1.80 bits per heavy atom. The van der Waals surface area contributed by atoms with Crippen LogP contribution in [-0.2, 0) is 0 Å². The van der Waals surface area contributed by atoms with Gasteiger partial charge in [-0.2, -0.15) is 0 Å². The van der Waals surface area contributed by atoms with Gasteiger partial charge in [-0.1, -0.05) is 24.3 Å². The number of nitrogens with zero attached hydrogens (tertiary/aromatic N) is 2. The van der Waals surface area contributed by atoms with Crippen LogP contribution in [0.2, 0.25) is 0 Å². The summed E-state index contributed by atoms with van der Waals surface area (Å²) in [5.74, 6) is 0.637. The molecule has 3 aromatic carbocycles. The maximum absolute atomic E-state index is 5.87. The first kappa shape index (κ1) is 16.0. The standard InChI is InChI=1S/C21H15IN2O/c1-14-4-2-7-19-20(14)24-21(25-19)16-8-10-18(11-9-16)23-13-15-5-3-6-17(22)12-15/h2-13H,1H3. The Morgan fingerprint density at radius 1 is 1.00 bits per heavy atom. The third kappa shape index (κ3) is 3.49. The molecule has 0 bridgehead atoms. The van der Waals surface area contributed by atoms with Crippen LogP contribution in [0.5, 0.6) is 0 Å². The quantitative estimate of drug-likeness (QED) is 0.284. The van der Waals surface area contributed by atoms with Crippen molar-refractivity contribution >= 4 is 45.6 Å². The number of aliphatic imine (C=N–C) groups is 1. The van der Waals surface area contributed by atoms with Gasteiger partial charge < -0.3 is 4.42 Å². The summed E-state index contributed by atoms with van der Waals surface area (Å²) in [5.41, 5.74) is 5.78. The molecule has 0 atom stereocenters. The molecule has 0 radical (unpaired) electrons. The van der Waals surface area contributed by atoms with Gasteiger partial charge >= 0.3 is 0 Å². The molecule has 122 valence electrons. The van der Waals surface area contributed by atoms with E-state index in [1.807, 2.05) is 67.7 Å². The molecule has 0 aliphatic carbocycles. The van der Waals surface area contributed by atoms with Gasteiger partial charge in [-0.25, -0.2) is 4.98 Å². The van der Waals surface area contributed by atoms with E-state index in [2.05, 4.69) is 44.7 Å². The summed E-state index contributed by atoms with van der Waals surface area (Å²) < 4.78 is 7.06. The fraction of sp³-hybridized carbons (Fsp3) is 0.0476. The van der Waals surface area contributed by atoms with E-state index in [0.29, 0.717) is 5.89 Å². The lowest BCUT2D eigenvalue weighted by atomic mass is 10.2. The topological polar surface area (TPSA) is 38.4 Å². The summed E-state index contributed by atoms with van der Waals surface area (Å²) in [4.78, 5) is 9.14. The molecule has 1 aromatic heterocycles. The average Bonchev–Trinajstić information content (AvgIpc) is 3.06. The summed E-state index contributed by atoms with van der Waals surface area (Å²) in [5, 5.41) is 0. The van der Waals surface area contributed by atoms with Gasteiger partial charge in [0.15, 0.2) is 5.58 Å². The minimum Gasteiger partial charge on any atom is -0.436 e. The fourth-order valence-corrected chi connectivity index (χ4v) is 3.20. The highest BCUT2D eigenvalue weighted by Crippen LogP contribution is 2.27. The van der Waals surface area contributed by atoms with Crippen molar-refractivity contribution in [1.29, 1.82) is 0 Å². The van der Waals surface area contributed by atoms with E-state index in [4.69, 9.17) is 4.42 Å². The van der Waals surface area contributed by atoms with Crippen molar-refractivity contribution in [1.82, 2.24) is 4.98 Å². The fourth-order valence-electron chi connectivity index (χ4n) is 2.64. The van der Waals surface area contributed by atoms with Crippen LogP contribution in [0.3, 0.4) is 0 Å². The Hall–Kier alpha value is -2.47. The predicted molar refractivity (Wildman–Crippen MR) is 111 cm³/mol. The van der Waals surface area contributed by atoms with Gasteiger partial charge in [0.25, 0.3) is 0 Å². The number of hydrogen-bond donors (Lipinski definition) is 0. The number of oxazole rings is 1. The molecule has 0 aliphatic heterocycles. The minimum atomic E-state index is 0.637. The van der Waals surface area contributed by atoms with Crippen molar-refractivity contribution in [3.8, 4) is 11.5 Å². The van der Waals surface area contributed by atoms with Gasteiger partial charge in [-0.15, -0.1) is 0 Å². The van der Waals surface area contributed by atoms with Crippen molar-refractivity contribution < 1.29 is 4.42 Å². The van der Waals surface area contributed by atoms with Gasteiger partial charge in [0.05, 0.1) is 5.69 Å².